The smallest absolute Gasteiger partial charge is 0.331 e. The van der Waals surface area contributed by atoms with Gasteiger partial charge in [0.15, 0.2) is 5.54 Å². The molecule has 96 valence electrons. The van der Waals surface area contributed by atoms with Crippen molar-refractivity contribution in [2.24, 2.45) is 0 Å². The van der Waals surface area contributed by atoms with Gasteiger partial charge in [-0.15, -0.1) is 0 Å². The van der Waals surface area contributed by atoms with Crippen LogP contribution in [0.15, 0.2) is 28.9 Å². The summed E-state index contributed by atoms with van der Waals surface area (Å²) in [7, 11) is 0. The third-order valence-corrected chi connectivity index (χ3v) is 2.74. The van der Waals surface area contributed by atoms with E-state index in [2.05, 4.69) is 5.32 Å². The molecule has 1 unspecified atom stereocenters. The molecule has 1 aromatic heterocycles. The zero-order valence-electron chi connectivity index (χ0n) is 9.59. The van der Waals surface area contributed by atoms with Gasteiger partial charge in [-0.05, 0) is 18.2 Å². The number of nitrogens with one attached hydrogen (secondary N) is 1. The van der Waals surface area contributed by atoms with Crippen LogP contribution in [0.2, 0.25) is 0 Å². The molecule has 6 heteroatoms. The van der Waals surface area contributed by atoms with Crippen molar-refractivity contribution in [2.45, 2.75) is 12.0 Å². The fourth-order valence-corrected chi connectivity index (χ4v) is 1.71. The summed E-state index contributed by atoms with van der Waals surface area (Å²) in [5.41, 5.74) is -1.31. The quantitative estimate of drug-likeness (QED) is 0.767. The number of carbonyl (C=O) groups is 2. The maximum Gasteiger partial charge on any atom is 0.331 e. The zero-order valence-corrected chi connectivity index (χ0v) is 9.59. The lowest BCUT2D eigenvalue weighted by Crippen LogP contribution is -2.54. The Balaban J connectivity index is 2.00. The highest BCUT2D eigenvalue weighted by Gasteiger charge is 2.43. The van der Waals surface area contributed by atoms with Gasteiger partial charge in [-0.1, -0.05) is 0 Å². The van der Waals surface area contributed by atoms with Crippen molar-refractivity contribution < 1.29 is 23.8 Å². The molecule has 0 aliphatic carbocycles. The van der Waals surface area contributed by atoms with Crippen molar-refractivity contribution in [3.63, 3.8) is 0 Å². The second-order valence-electron chi connectivity index (χ2n) is 4.03. The second kappa shape index (κ2) is 5.05. The molecular formula is C12H13NO5. The Morgan fingerprint density at radius 2 is 2.33 bits per heavy atom. The van der Waals surface area contributed by atoms with Crippen molar-refractivity contribution in [2.75, 3.05) is 13.2 Å². The van der Waals surface area contributed by atoms with Crippen molar-refractivity contribution in [3.8, 4) is 0 Å². The van der Waals surface area contributed by atoms with Crippen molar-refractivity contribution in [1.82, 2.24) is 5.32 Å². The maximum absolute atomic E-state index is 11.6. The van der Waals surface area contributed by atoms with Crippen LogP contribution in [0, 0.1) is 0 Å². The Hall–Kier alpha value is -2.08. The molecule has 0 bridgehead atoms. The Morgan fingerprint density at radius 1 is 1.50 bits per heavy atom. The molecule has 1 saturated heterocycles. The highest BCUT2D eigenvalue weighted by atomic mass is 16.5. The predicted molar refractivity (Wildman–Crippen MR) is 61.7 cm³/mol. The van der Waals surface area contributed by atoms with Crippen LogP contribution < -0.4 is 5.32 Å². The molecule has 1 aliphatic rings. The van der Waals surface area contributed by atoms with Crippen LogP contribution >= 0.6 is 0 Å². The first kappa shape index (κ1) is 12.4. The molecule has 0 saturated carbocycles. The number of hydrogen-bond acceptors (Lipinski definition) is 4. The van der Waals surface area contributed by atoms with Crippen LogP contribution in [0.3, 0.4) is 0 Å². The number of carboxylic acids is 1. The van der Waals surface area contributed by atoms with E-state index in [1.807, 2.05) is 0 Å². The summed E-state index contributed by atoms with van der Waals surface area (Å²) in [6.07, 6.45) is 4.46. The molecule has 1 amide bonds. The number of hydrogen-bond donors (Lipinski definition) is 2. The minimum atomic E-state index is -1.31. The Bertz CT molecular complexity index is 457. The lowest BCUT2D eigenvalue weighted by atomic mass is 9.99. The first-order valence-electron chi connectivity index (χ1n) is 5.47. The zero-order chi connectivity index (χ0) is 13.0. The average Bonchev–Trinajstić information content (AvgIpc) is 2.97. The first-order chi connectivity index (χ1) is 8.62. The normalized spacial score (nSPS) is 23.3. The van der Waals surface area contributed by atoms with Gasteiger partial charge in [-0.25, -0.2) is 4.79 Å². The summed E-state index contributed by atoms with van der Waals surface area (Å²) in [5, 5.41) is 11.6. The number of aliphatic carboxylic acids is 1. The van der Waals surface area contributed by atoms with Crippen LogP contribution in [0.1, 0.15) is 12.2 Å². The van der Waals surface area contributed by atoms with Crippen LogP contribution in [-0.4, -0.2) is 35.7 Å². The molecule has 18 heavy (non-hydrogen) atoms. The van der Waals surface area contributed by atoms with Gasteiger partial charge in [0.1, 0.15) is 5.76 Å². The monoisotopic (exact) mass is 251 g/mol. The summed E-state index contributed by atoms with van der Waals surface area (Å²) in [5.74, 6) is -1.05. The minimum Gasteiger partial charge on any atom is -0.479 e. The number of ether oxygens (including phenoxy) is 1. The van der Waals surface area contributed by atoms with Gasteiger partial charge in [0.05, 0.1) is 12.9 Å². The molecule has 2 N–H and O–H groups in total. The van der Waals surface area contributed by atoms with E-state index >= 15 is 0 Å². The van der Waals surface area contributed by atoms with Gasteiger partial charge < -0.3 is 19.6 Å². The van der Waals surface area contributed by atoms with E-state index in [0.717, 1.165) is 0 Å². The first-order valence-corrected chi connectivity index (χ1v) is 5.47. The summed E-state index contributed by atoms with van der Waals surface area (Å²) >= 11 is 0. The van der Waals surface area contributed by atoms with Gasteiger partial charge >= 0.3 is 5.97 Å². The van der Waals surface area contributed by atoms with E-state index in [9.17, 15) is 9.59 Å². The van der Waals surface area contributed by atoms with E-state index in [1.165, 1.54) is 18.4 Å². The van der Waals surface area contributed by atoms with Crippen molar-refractivity contribution in [3.05, 3.63) is 30.2 Å². The number of rotatable bonds is 4. The second-order valence-corrected chi connectivity index (χ2v) is 4.03. The van der Waals surface area contributed by atoms with E-state index in [-0.39, 0.29) is 13.0 Å². The van der Waals surface area contributed by atoms with Crippen LogP contribution in [0.5, 0.6) is 0 Å². The number of amides is 1. The molecule has 0 spiro atoms. The molecule has 0 radical (unpaired) electrons. The third kappa shape index (κ3) is 2.60. The fraction of sp³-hybridized carbons (Fsp3) is 0.333. The molecule has 0 aromatic carbocycles. The van der Waals surface area contributed by atoms with E-state index in [4.69, 9.17) is 14.3 Å². The largest absolute Gasteiger partial charge is 0.479 e. The Morgan fingerprint density at radius 3 is 2.89 bits per heavy atom. The van der Waals surface area contributed by atoms with E-state index < -0.39 is 17.4 Å². The highest BCUT2D eigenvalue weighted by molar-refractivity contribution is 5.95. The van der Waals surface area contributed by atoms with Gasteiger partial charge in [0.2, 0.25) is 5.91 Å². The molecule has 2 rings (SSSR count). The van der Waals surface area contributed by atoms with Crippen LogP contribution in [0.25, 0.3) is 6.08 Å². The number of furan rings is 1. The lowest BCUT2D eigenvalue weighted by molar-refractivity contribution is -0.147. The van der Waals surface area contributed by atoms with E-state index in [0.29, 0.717) is 12.4 Å². The third-order valence-electron chi connectivity index (χ3n) is 2.74. The Kier molecular flexibility index (Phi) is 3.47. The standard InChI is InChI=1S/C12H13NO5/c14-10(4-3-9-2-1-6-18-9)13-12(11(15)16)5-7-17-8-12/h1-4,6H,5,7-8H2,(H,13,14)(H,15,16). The van der Waals surface area contributed by atoms with E-state index in [1.54, 1.807) is 12.1 Å². The van der Waals surface area contributed by atoms with Gasteiger partial charge in [-0.3, -0.25) is 4.79 Å². The topological polar surface area (TPSA) is 88.8 Å². The molecule has 2 heterocycles. The van der Waals surface area contributed by atoms with Crippen LogP contribution in [0.4, 0.5) is 0 Å². The molecular weight excluding hydrogens is 238 g/mol. The molecule has 1 aromatic rings. The molecule has 1 aliphatic heterocycles. The average molecular weight is 251 g/mol. The number of carboxylic acid groups (broad SMARTS) is 1. The lowest BCUT2D eigenvalue weighted by Gasteiger charge is -2.22. The molecule has 1 atom stereocenters. The summed E-state index contributed by atoms with van der Waals surface area (Å²) in [4.78, 5) is 22.8. The van der Waals surface area contributed by atoms with Crippen LogP contribution in [-0.2, 0) is 14.3 Å². The molecule has 6 nitrogen and oxygen atoms in total. The van der Waals surface area contributed by atoms with Crippen molar-refractivity contribution >= 4 is 18.0 Å². The predicted octanol–water partition coefficient (Wildman–Crippen LogP) is 0.653. The maximum atomic E-state index is 11.6. The summed E-state index contributed by atoms with van der Waals surface area (Å²) in [6, 6.07) is 3.39. The highest BCUT2D eigenvalue weighted by Crippen LogP contribution is 2.19. The minimum absolute atomic E-state index is 0.0112. The number of carbonyl (C=O) groups excluding carboxylic acids is 1. The van der Waals surface area contributed by atoms with Crippen molar-refractivity contribution in [1.29, 1.82) is 0 Å². The van der Waals surface area contributed by atoms with Gasteiger partial charge in [0.25, 0.3) is 0 Å². The summed E-state index contributed by atoms with van der Waals surface area (Å²) < 4.78 is 10.1. The molecule has 1 fully saturated rings. The fourth-order valence-electron chi connectivity index (χ4n) is 1.71. The Labute approximate surface area is 103 Å². The van der Waals surface area contributed by atoms with Gasteiger partial charge in [-0.2, -0.15) is 0 Å². The summed E-state index contributed by atoms with van der Waals surface area (Å²) in [6.45, 7) is 0.317. The van der Waals surface area contributed by atoms with Gasteiger partial charge in [0, 0.05) is 19.1 Å². The SMILES string of the molecule is O=C(C=Cc1ccco1)NC1(C(=O)O)CCOC1.